The molecule has 2 heterocycles. The first-order chi connectivity index (χ1) is 13.9. The molecule has 0 aromatic carbocycles. The Bertz CT molecular complexity index is 904. The summed E-state index contributed by atoms with van der Waals surface area (Å²) in [7, 11) is 0. The van der Waals surface area contributed by atoms with Crippen LogP contribution in [0, 0.1) is 0 Å². The first-order valence-corrected chi connectivity index (χ1v) is 10.6. The molecule has 0 spiro atoms. The van der Waals surface area contributed by atoms with Crippen LogP contribution in [0.4, 0.5) is 0 Å². The average Bonchev–Trinajstić information content (AvgIpc) is 3.08. The zero-order valence-electron chi connectivity index (χ0n) is 18.9. The molecule has 1 unspecified atom stereocenters. The van der Waals surface area contributed by atoms with Gasteiger partial charge in [-0.15, -0.1) is 0 Å². The first-order valence-electron chi connectivity index (χ1n) is 10.6. The third kappa shape index (κ3) is 7.80. The summed E-state index contributed by atoms with van der Waals surface area (Å²) >= 11 is 0. The monoisotopic (exact) mass is 392 g/mol. The molecular formula is C25H36N4. The molecule has 0 fully saturated rings. The molecule has 0 amide bonds. The summed E-state index contributed by atoms with van der Waals surface area (Å²) in [5.74, 6) is 0. The molecule has 0 aliphatic carbocycles. The lowest BCUT2D eigenvalue weighted by atomic mass is 10.0. The number of hydrogen-bond donors (Lipinski definition) is 0. The number of nitrogens with zero attached hydrogens (tertiary/aromatic N) is 4. The Morgan fingerprint density at radius 3 is 2.21 bits per heavy atom. The summed E-state index contributed by atoms with van der Waals surface area (Å²) in [5.41, 5.74) is 7.34. The maximum atomic E-state index is 4.50. The smallest absolute Gasteiger partial charge is 0.163 e. The lowest BCUT2D eigenvalue weighted by Gasteiger charge is -2.16. The lowest BCUT2D eigenvalue weighted by Crippen LogP contribution is -2.06. The second kappa shape index (κ2) is 11.5. The predicted octanol–water partition coefficient (Wildman–Crippen LogP) is 7.14. The molecule has 2 rings (SSSR count). The number of aromatic nitrogens is 4. The van der Waals surface area contributed by atoms with Gasteiger partial charge in [0.25, 0.3) is 0 Å². The average molecular weight is 393 g/mol. The van der Waals surface area contributed by atoms with Crippen LogP contribution in [0.5, 0.6) is 0 Å². The van der Waals surface area contributed by atoms with Crippen molar-refractivity contribution in [1.82, 2.24) is 19.5 Å². The van der Waals surface area contributed by atoms with Crippen molar-refractivity contribution in [2.45, 2.75) is 79.7 Å². The van der Waals surface area contributed by atoms with E-state index in [0.717, 1.165) is 43.3 Å². The van der Waals surface area contributed by atoms with Gasteiger partial charge in [-0.05, 0) is 73.6 Å². The summed E-state index contributed by atoms with van der Waals surface area (Å²) in [5, 5.41) is 0. The summed E-state index contributed by atoms with van der Waals surface area (Å²) < 4.78 is 2.18. The third-order valence-electron chi connectivity index (χ3n) is 4.96. The van der Waals surface area contributed by atoms with Crippen LogP contribution < -0.4 is 0 Å². The Morgan fingerprint density at radius 2 is 1.55 bits per heavy atom. The van der Waals surface area contributed by atoms with Gasteiger partial charge in [0, 0.05) is 0 Å². The Balaban J connectivity index is 2.21. The molecule has 0 aliphatic rings. The van der Waals surface area contributed by atoms with Crippen molar-refractivity contribution in [3.8, 4) is 0 Å². The van der Waals surface area contributed by atoms with E-state index in [4.69, 9.17) is 0 Å². The summed E-state index contributed by atoms with van der Waals surface area (Å²) in [6.07, 6.45) is 20.0. The Kier molecular flexibility index (Phi) is 9.04. The van der Waals surface area contributed by atoms with Crippen molar-refractivity contribution in [2.24, 2.45) is 0 Å². The van der Waals surface area contributed by atoms with Gasteiger partial charge in [-0.25, -0.2) is 15.0 Å². The second-order valence-electron chi connectivity index (χ2n) is 8.39. The molecule has 4 heteroatoms. The van der Waals surface area contributed by atoms with Crippen molar-refractivity contribution < 1.29 is 0 Å². The van der Waals surface area contributed by atoms with Crippen LogP contribution in [0.3, 0.4) is 0 Å². The van der Waals surface area contributed by atoms with Crippen LogP contribution in [0.1, 0.15) is 79.7 Å². The molecule has 0 aliphatic heterocycles. The second-order valence-corrected chi connectivity index (χ2v) is 8.39. The number of fused-ring (bicyclic) bond motifs is 1. The van der Waals surface area contributed by atoms with Gasteiger partial charge in [-0.3, -0.25) is 0 Å². The van der Waals surface area contributed by atoms with Gasteiger partial charge < -0.3 is 4.57 Å². The van der Waals surface area contributed by atoms with Gasteiger partial charge in [0.2, 0.25) is 0 Å². The van der Waals surface area contributed by atoms with Crippen molar-refractivity contribution in [1.29, 1.82) is 0 Å². The van der Waals surface area contributed by atoms with Gasteiger partial charge in [-0.1, -0.05) is 46.6 Å². The van der Waals surface area contributed by atoms with Crippen LogP contribution in [0.2, 0.25) is 0 Å². The Hall–Kier alpha value is -2.49. The highest BCUT2D eigenvalue weighted by atomic mass is 15.1. The van der Waals surface area contributed by atoms with Crippen molar-refractivity contribution in [3.05, 3.63) is 65.4 Å². The molecule has 2 aromatic rings. The summed E-state index contributed by atoms with van der Waals surface area (Å²) in [6, 6.07) is 0.208. The van der Waals surface area contributed by atoms with Crippen molar-refractivity contribution in [2.75, 3.05) is 0 Å². The minimum Gasteiger partial charge on any atom is -0.308 e. The van der Waals surface area contributed by atoms with Crippen LogP contribution >= 0.6 is 0 Å². The topological polar surface area (TPSA) is 43.6 Å². The zero-order valence-corrected chi connectivity index (χ0v) is 18.9. The van der Waals surface area contributed by atoms with Gasteiger partial charge in [-0.2, -0.15) is 0 Å². The molecule has 1 atom stereocenters. The quantitative estimate of drug-likeness (QED) is 0.403. The van der Waals surface area contributed by atoms with Crippen molar-refractivity contribution >= 4 is 11.2 Å². The Morgan fingerprint density at radius 1 is 0.897 bits per heavy atom. The predicted molar refractivity (Wildman–Crippen MR) is 124 cm³/mol. The largest absolute Gasteiger partial charge is 0.308 e. The van der Waals surface area contributed by atoms with Crippen LogP contribution in [-0.4, -0.2) is 19.5 Å². The molecular weight excluding hydrogens is 356 g/mol. The SMILES string of the molecule is CC(C)=CCCC(C)=CCC(C=C(C)CCC=C(C)C)n1cnc2cncnc21. The van der Waals surface area contributed by atoms with Gasteiger partial charge >= 0.3 is 0 Å². The normalized spacial score (nSPS) is 13.4. The molecule has 0 saturated heterocycles. The fourth-order valence-electron chi connectivity index (χ4n) is 3.30. The molecule has 0 N–H and O–H groups in total. The zero-order chi connectivity index (χ0) is 21.2. The highest BCUT2D eigenvalue weighted by Gasteiger charge is 2.12. The number of imidazole rings is 1. The highest BCUT2D eigenvalue weighted by Crippen LogP contribution is 2.24. The molecule has 29 heavy (non-hydrogen) atoms. The molecule has 0 saturated carbocycles. The Labute approximate surface area is 176 Å². The van der Waals surface area contributed by atoms with E-state index in [0.29, 0.717) is 0 Å². The van der Waals surface area contributed by atoms with Crippen molar-refractivity contribution in [3.63, 3.8) is 0 Å². The van der Waals surface area contributed by atoms with E-state index in [1.54, 1.807) is 12.5 Å². The first kappa shape index (κ1) is 22.8. The molecule has 0 radical (unpaired) electrons. The van der Waals surface area contributed by atoms with E-state index >= 15 is 0 Å². The number of hydrogen-bond acceptors (Lipinski definition) is 3. The van der Waals surface area contributed by atoms with E-state index in [1.165, 1.54) is 22.3 Å². The molecule has 4 nitrogen and oxygen atoms in total. The minimum absolute atomic E-state index is 0.208. The van der Waals surface area contributed by atoms with Gasteiger partial charge in [0.05, 0.1) is 18.6 Å². The number of allylic oxidation sites excluding steroid dienone is 8. The van der Waals surface area contributed by atoms with E-state index < -0.39 is 0 Å². The fraction of sp³-hybridized carbons (Fsp3) is 0.480. The maximum Gasteiger partial charge on any atom is 0.163 e. The minimum atomic E-state index is 0.208. The van der Waals surface area contributed by atoms with E-state index in [9.17, 15) is 0 Å². The molecule has 156 valence electrons. The summed E-state index contributed by atoms with van der Waals surface area (Å²) in [4.78, 5) is 13.1. The van der Waals surface area contributed by atoms with E-state index in [1.807, 2.05) is 6.33 Å². The van der Waals surface area contributed by atoms with Gasteiger partial charge in [0.1, 0.15) is 11.8 Å². The fourth-order valence-corrected chi connectivity index (χ4v) is 3.30. The van der Waals surface area contributed by atoms with Crippen LogP contribution in [0.25, 0.3) is 11.2 Å². The van der Waals surface area contributed by atoms with E-state index in [-0.39, 0.29) is 6.04 Å². The molecule has 2 aromatic heterocycles. The summed E-state index contributed by atoms with van der Waals surface area (Å²) in [6.45, 7) is 13.1. The van der Waals surface area contributed by atoms with Crippen LogP contribution in [-0.2, 0) is 0 Å². The van der Waals surface area contributed by atoms with Crippen LogP contribution in [0.15, 0.2) is 65.4 Å². The number of rotatable bonds is 10. The highest BCUT2D eigenvalue weighted by molar-refractivity contribution is 5.69. The lowest BCUT2D eigenvalue weighted by molar-refractivity contribution is 0.614. The standard InChI is InChI=1S/C25H36N4/c1-19(2)9-7-11-21(5)13-14-23(15-22(6)12-8-10-20(3)4)29-18-28-24-16-26-17-27-25(24)29/h9-10,13,15-18,23H,7-8,11-12,14H2,1-6H3. The molecule has 0 bridgehead atoms. The third-order valence-corrected chi connectivity index (χ3v) is 4.96. The maximum absolute atomic E-state index is 4.50. The van der Waals surface area contributed by atoms with Gasteiger partial charge in [0.15, 0.2) is 5.65 Å². The van der Waals surface area contributed by atoms with E-state index in [2.05, 4.69) is 85.4 Å².